The van der Waals surface area contributed by atoms with Crippen molar-refractivity contribution in [3.05, 3.63) is 0 Å². The van der Waals surface area contributed by atoms with Crippen LogP contribution in [0.5, 0.6) is 0 Å². The van der Waals surface area contributed by atoms with Crippen molar-refractivity contribution in [3.8, 4) is 0 Å². The molecule has 0 amide bonds. The topological polar surface area (TPSA) is 68.1 Å². The highest BCUT2D eigenvalue weighted by Gasteiger charge is 2.18. The SMILES string of the molecule is CC1=NOC(COCC(=O)O)C1. The summed E-state index contributed by atoms with van der Waals surface area (Å²) in [6, 6.07) is 0. The fourth-order valence-electron chi connectivity index (χ4n) is 0.936. The van der Waals surface area contributed by atoms with Crippen molar-refractivity contribution in [3.63, 3.8) is 0 Å². The van der Waals surface area contributed by atoms with E-state index in [1.807, 2.05) is 6.92 Å². The molecule has 1 unspecified atom stereocenters. The van der Waals surface area contributed by atoms with E-state index in [0.29, 0.717) is 0 Å². The molecule has 0 fully saturated rings. The van der Waals surface area contributed by atoms with Crippen LogP contribution in [-0.2, 0) is 14.4 Å². The Labute approximate surface area is 70.0 Å². The molecule has 0 aliphatic carbocycles. The number of oxime groups is 1. The van der Waals surface area contributed by atoms with Crippen molar-refractivity contribution in [2.24, 2.45) is 5.16 Å². The molecule has 0 aromatic rings. The lowest BCUT2D eigenvalue weighted by Crippen LogP contribution is -2.18. The first-order valence-electron chi connectivity index (χ1n) is 3.67. The summed E-state index contributed by atoms with van der Waals surface area (Å²) in [6.07, 6.45) is 0.615. The largest absolute Gasteiger partial charge is 0.480 e. The van der Waals surface area contributed by atoms with Gasteiger partial charge in [0, 0.05) is 6.42 Å². The minimum Gasteiger partial charge on any atom is -0.480 e. The zero-order valence-electron chi connectivity index (χ0n) is 6.82. The van der Waals surface area contributed by atoms with E-state index in [9.17, 15) is 4.79 Å². The molecule has 1 aliphatic rings. The molecule has 1 rings (SSSR count). The molecule has 0 bridgehead atoms. The van der Waals surface area contributed by atoms with Crippen LogP contribution in [0.15, 0.2) is 5.16 Å². The molecule has 1 atom stereocenters. The van der Waals surface area contributed by atoms with Crippen molar-refractivity contribution < 1.29 is 19.5 Å². The Balaban J connectivity index is 2.06. The zero-order chi connectivity index (χ0) is 8.97. The molecule has 0 spiro atoms. The molecule has 1 N–H and O–H groups in total. The number of ether oxygens (including phenoxy) is 1. The maximum atomic E-state index is 10.0. The van der Waals surface area contributed by atoms with Crippen LogP contribution >= 0.6 is 0 Å². The maximum Gasteiger partial charge on any atom is 0.329 e. The predicted molar refractivity (Wildman–Crippen MR) is 41.1 cm³/mol. The quantitative estimate of drug-likeness (QED) is 0.661. The van der Waals surface area contributed by atoms with Crippen LogP contribution in [0.4, 0.5) is 0 Å². The number of rotatable bonds is 4. The van der Waals surface area contributed by atoms with Crippen LogP contribution in [0.2, 0.25) is 0 Å². The van der Waals surface area contributed by atoms with E-state index in [4.69, 9.17) is 14.7 Å². The van der Waals surface area contributed by atoms with Gasteiger partial charge in [0.05, 0.1) is 12.3 Å². The molecule has 12 heavy (non-hydrogen) atoms. The Bertz CT molecular complexity index is 202. The van der Waals surface area contributed by atoms with Crippen LogP contribution in [-0.4, -0.2) is 36.1 Å². The third kappa shape index (κ3) is 2.87. The molecular weight excluding hydrogens is 162 g/mol. The molecule has 68 valence electrons. The third-order valence-electron chi connectivity index (χ3n) is 1.41. The zero-order valence-corrected chi connectivity index (χ0v) is 6.82. The van der Waals surface area contributed by atoms with E-state index in [-0.39, 0.29) is 19.3 Å². The molecular formula is C7H11NO4. The summed E-state index contributed by atoms with van der Waals surface area (Å²) in [4.78, 5) is 15.0. The average Bonchev–Trinajstić information content (AvgIpc) is 2.35. The molecule has 0 aromatic heterocycles. The summed E-state index contributed by atoms with van der Waals surface area (Å²) in [5, 5.41) is 11.9. The van der Waals surface area contributed by atoms with E-state index in [2.05, 4.69) is 5.16 Å². The Morgan fingerprint density at radius 2 is 2.67 bits per heavy atom. The van der Waals surface area contributed by atoms with Crippen LogP contribution in [0.25, 0.3) is 0 Å². The molecule has 0 saturated carbocycles. The molecule has 5 heteroatoms. The summed E-state index contributed by atoms with van der Waals surface area (Å²) in [7, 11) is 0. The highest BCUT2D eigenvalue weighted by molar-refractivity contribution is 5.82. The summed E-state index contributed by atoms with van der Waals surface area (Å²) in [5.74, 6) is -0.967. The molecule has 0 aromatic carbocycles. The van der Waals surface area contributed by atoms with E-state index in [1.54, 1.807) is 0 Å². The van der Waals surface area contributed by atoms with Crippen LogP contribution in [0, 0.1) is 0 Å². The third-order valence-corrected chi connectivity index (χ3v) is 1.41. The second-order valence-corrected chi connectivity index (χ2v) is 2.67. The molecule has 1 aliphatic heterocycles. The Kier molecular flexibility index (Phi) is 3.04. The van der Waals surface area contributed by atoms with Crippen molar-refractivity contribution in [2.75, 3.05) is 13.2 Å². The minimum absolute atomic E-state index is 0.107. The first kappa shape index (κ1) is 8.99. The number of carboxylic acid groups (broad SMARTS) is 1. The van der Waals surface area contributed by atoms with Crippen molar-refractivity contribution in [2.45, 2.75) is 19.4 Å². The molecule has 0 radical (unpaired) electrons. The van der Waals surface area contributed by atoms with Gasteiger partial charge in [0.1, 0.15) is 6.61 Å². The lowest BCUT2D eigenvalue weighted by molar-refractivity contribution is -0.143. The highest BCUT2D eigenvalue weighted by atomic mass is 16.7. The van der Waals surface area contributed by atoms with Crippen LogP contribution in [0.1, 0.15) is 13.3 Å². The second kappa shape index (κ2) is 4.06. The van der Waals surface area contributed by atoms with Crippen LogP contribution in [0.3, 0.4) is 0 Å². The van der Waals surface area contributed by atoms with Gasteiger partial charge in [-0.05, 0) is 6.92 Å². The first-order chi connectivity index (χ1) is 5.68. The summed E-state index contributed by atoms with van der Waals surface area (Å²) in [6.45, 7) is 1.86. The van der Waals surface area contributed by atoms with Gasteiger partial charge in [0.2, 0.25) is 0 Å². The Morgan fingerprint density at radius 1 is 1.92 bits per heavy atom. The van der Waals surface area contributed by atoms with E-state index >= 15 is 0 Å². The van der Waals surface area contributed by atoms with Gasteiger partial charge in [-0.1, -0.05) is 5.16 Å². The van der Waals surface area contributed by atoms with E-state index < -0.39 is 5.97 Å². The van der Waals surface area contributed by atoms with Gasteiger partial charge in [0.15, 0.2) is 6.10 Å². The smallest absolute Gasteiger partial charge is 0.329 e. The van der Waals surface area contributed by atoms with Gasteiger partial charge in [-0.3, -0.25) is 0 Å². The van der Waals surface area contributed by atoms with Gasteiger partial charge in [0.25, 0.3) is 0 Å². The number of nitrogens with zero attached hydrogens (tertiary/aromatic N) is 1. The van der Waals surface area contributed by atoms with E-state index in [1.165, 1.54) is 0 Å². The van der Waals surface area contributed by atoms with Gasteiger partial charge in [-0.15, -0.1) is 0 Å². The molecule has 1 heterocycles. The predicted octanol–water partition coefficient (Wildman–Crippen LogP) is 0.252. The van der Waals surface area contributed by atoms with Crippen molar-refractivity contribution >= 4 is 11.7 Å². The number of carbonyl (C=O) groups is 1. The monoisotopic (exact) mass is 173 g/mol. The van der Waals surface area contributed by atoms with Crippen molar-refractivity contribution in [1.29, 1.82) is 0 Å². The second-order valence-electron chi connectivity index (χ2n) is 2.67. The molecule has 0 saturated heterocycles. The average molecular weight is 173 g/mol. The highest BCUT2D eigenvalue weighted by Crippen LogP contribution is 2.09. The lowest BCUT2D eigenvalue weighted by atomic mass is 10.2. The van der Waals surface area contributed by atoms with Gasteiger partial charge >= 0.3 is 5.97 Å². The van der Waals surface area contributed by atoms with Crippen LogP contribution < -0.4 is 0 Å². The van der Waals surface area contributed by atoms with Gasteiger partial charge in [-0.2, -0.15) is 0 Å². The Hall–Kier alpha value is -1.10. The van der Waals surface area contributed by atoms with Gasteiger partial charge < -0.3 is 14.7 Å². The number of hydrogen-bond acceptors (Lipinski definition) is 4. The standard InChI is InChI=1S/C7H11NO4/c1-5-2-6(12-8-5)3-11-4-7(9)10/h6H,2-4H2,1H3,(H,9,10). The number of aliphatic carboxylic acids is 1. The fraction of sp³-hybridized carbons (Fsp3) is 0.714. The summed E-state index contributed by atoms with van der Waals surface area (Å²) >= 11 is 0. The van der Waals surface area contributed by atoms with Crippen molar-refractivity contribution in [1.82, 2.24) is 0 Å². The fourth-order valence-corrected chi connectivity index (χ4v) is 0.936. The van der Waals surface area contributed by atoms with Gasteiger partial charge in [-0.25, -0.2) is 4.79 Å². The van der Waals surface area contributed by atoms with E-state index in [0.717, 1.165) is 12.1 Å². The maximum absolute atomic E-state index is 10.0. The Morgan fingerprint density at radius 3 is 3.17 bits per heavy atom. The number of hydrogen-bond donors (Lipinski definition) is 1. The summed E-state index contributed by atoms with van der Waals surface area (Å²) < 4.78 is 4.83. The summed E-state index contributed by atoms with van der Waals surface area (Å²) in [5.41, 5.74) is 0.916. The normalized spacial score (nSPS) is 21.8. The number of carboxylic acids is 1. The lowest BCUT2D eigenvalue weighted by Gasteiger charge is -2.06. The first-order valence-corrected chi connectivity index (χ1v) is 3.67. The minimum atomic E-state index is -0.967. The molecule has 5 nitrogen and oxygen atoms in total.